The van der Waals surface area contributed by atoms with E-state index in [1.165, 1.54) is 0 Å². The zero-order valence-corrected chi connectivity index (χ0v) is 15.6. The maximum atomic E-state index is 2.86. The van der Waals surface area contributed by atoms with Crippen LogP contribution in [0.1, 0.15) is 27.2 Å². The van der Waals surface area contributed by atoms with Crippen molar-refractivity contribution in [2.24, 2.45) is 0 Å². The Morgan fingerprint density at radius 3 is 2.12 bits per heavy atom. The van der Waals surface area contributed by atoms with E-state index in [1.54, 1.807) is 5.70 Å². The molecule has 0 aromatic heterocycles. The van der Waals surface area contributed by atoms with Crippen LogP contribution in [-0.4, -0.2) is 14.3 Å². The maximum absolute atomic E-state index is 2.86. The number of rotatable bonds is 3. The standard InChI is InChI=1S/C9H14N.C2H7Si.2CH3.Zr/c1-9(2,3)10-8-6-4-5-7-8;1-3-2;;;/h4-6H,7H2,1-3H3;3H,1-2H3;2*1H3;/q-1;;;;+1. The van der Waals surface area contributed by atoms with E-state index in [2.05, 4.69) is 64.2 Å². The monoisotopic (exact) mass is 315 g/mol. The van der Waals surface area contributed by atoms with Gasteiger partial charge in [0, 0.05) is 0 Å². The molecule has 0 aliphatic heterocycles. The van der Waals surface area contributed by atoms with Crippen LogP contribution in [0, 0.1) is 0 Å². The summed E-state index contributed by atoms with van der Waals surface area (Å²) in [6.45, 7) is 12.2. The predicted molar refractivity (Wildman–Crippen MR) is 74.0 cm³/mol. The van der Waals surface area contributed by atoms with Crippen LogP contribution in [-0.2, 0) is 19.7 Å². The minimum absolute atomic E-state index is 0.300. The molecule has 1 aliphatic rings. The van der Waals surface area contributed by atoms with Gasteiger partial charge in [-0.25, -0.2) is 0 Å². The fourth-order valence-corrected chi connectivity index (χ4v) is 16.6. The Kier molecular flexibility index (Phi) is 4.46. The summed E-state index contributed by atoms with van der Waals surface area (Å²) in [4.78, 5) is 0. The summed E-state index contributed by atoms with van der Waals surface area (Å²) in [6, 6.07) is 0. The predicted octanol–water partition coefficient (Wildman–Crippen LogP) is 4.08. The SMILES string of the molecule is C[SiH](C)[Zr]([CH3])([CH3])[N](C1=CC=CC1)C(C)(C)C. The second kappa shape index (κ2) is 4.94. The molecule has 1 aliphatic carbocycles. The normalized spacial score (nSPS) is 16.9. The van der Waals surface area contributed by atoms with Gasteiger partial charge in [-0.3, -0.25) is 0 Å². The quantitative estimate of drug-likeness (QED) is 0.709. The molecule has 0 radical (unpaired) electrons. The molecule has 3 heteroatoms. The summed E-state index contributed by atoms with van der Waals surface area (Å²) in [7, 11) is 0. The van der Waals surface area contributed by atoms with E-state index in [0.29, 0.717) is 5.54 Å². The van der Waals surface area contributed by atoms with E-state index in [0.717, 1.165) is 6.42 Å². The van der Waals surface area contributed by atoms with Crippen molar-refractivity contribution < 1.29 is 19.7 Å². The van der Waals surface area contributed by atoms with Crippen molar-refractivity contribution in [3.05, 3.63) is 23.9 Å². The second-order valence-electron chi connectivity index (χ2n) is 6.60. The second-order valence-corrected chi connectivity index (χ2v) is 35.0. The van der Waals surface area contributed by atoms with Gasteiger partial charge in [0.1, 0.15) is 0 Å². The zero-order valence-electron chi connectivity index (χ0n) is 12.0. The van der Waals surface area contributed by atoms with Crippen LogP contribution >= 0.6 is 0 Å². The van der Waals surface area contributed by atoms with Gasteiger partial charge in [0.2, 0.25) is 0 Å². The molecule has 16 heavy (non-hydrogen) atoms. The van der Waals surface area contributed by atoms with Gasteiger partial charge in [-0.15, -0.1) is 0 Å². The van der Waals surface area contributed by atoms with E-state index in [4.69, 9.17) is 0 Å². The Morgan fingerprint density at radius 1 is 1.25 bits per heavy atom. The van der Waals surface area contributed by atoms with Gasteiger partial charge >= 0.3 is 107 Å². The molecule has 0 aromatic rings. The average molecular weight is 317 g/mol. The van der Waals surface area contributed by atoms with Gasteiger partial charge in [-0.05, 0) is 0 Å². The molecule has 0 N–H and O–H groups in total. The summed E-state index contributed by atoms with van der Waals surface area (Å²) < 4.78 is 8.10. The first kappa shape index (κ1) is 14.4. The first-order valence-corrected chi connectivity index (χ1v) is 19.5. The van der Waals surface area contributed by atoms with Gasteiger partial charge in [0.05, 0.1) is 0 Å². The molecule has 0 bridgehead atoms. The van der Waals surface area contributed by atoms with Gasteiger partial charge in [-0.2, -0.15) is 0 Å². The van der Waals surface area contributed by atoms with Crippen LogP contribution in [0.3, 0.4) is 0 Å². The number of nitrogens with zero attached hydrogens (tertiary/aromatic N) is 1. The summed E-state index contributed by atoms with van der Waals surface area (Å²) in [5, 5.41) is 0. The summed E-state index contributed by atoms with van der Waals surface area (Å²) in [6.07, 6.45) is 8.00. The number of hydrogen-bond acceptors (Lipinski definition) is 1. The van der Waals surface area contributed by atoms with Crippen molar-refractivity contribution in [2.45, 2.75) is 55.1 Å². The van der Waals surface area contributed by atoms with Crippen LogP contribution in [0.4, 0.5) is 0 Å². The van der Waals surface area contributed by atoms with E-state index < -0.39 is 25.6 Å². The van der Waals surface area contributed by atoms with E-state index in [9.17, 15) is 0 Å². The molecular weight excluding hydrogens is 289 g/mol. The van der Waals surface area contributed by atoms with E-state index in [1.807, 2.05) is 0 Å². The molecule has 0 atom stereocenters. The Balaban J connectivity index is 3.07. The molecule has 0 saturated carbocycles. The molecule has 0 saturated heterocycles. The first-order valence-electron chi connectivity index (χ1n) is 6.33. The average Bonchev–Trinajstić information content (AvgIpc) is 2.53. The Morgan fingerprint density at radius 2 is 1.81 bits per heavy atom. The summed E-state index contributed by atoms with van der Waals surface area (Å²) >= 11 is -2.05. The third-order valence-electron chi connectivity index (χ3n) is 3.70. The zero-order chi connectivity index (χ0) is 12.6. The van der Waals surface area contributed by atoms with Gasteiger partial charge in [-0.1, -0.05) is 0 Å². The third kappa shape index (κ3) is 2.98. The van der Waals surface area contributed by atoms with Crippen LogP contribution in [0.25, 0.3) is 0 Å². The van der Waals surface area contributed by atoms with Crippen LogP contribution in [0.5, 0.6) is 0 Å². The minimum atomic E-state index is -2.05. The molecule has 92 valence electrons. The van der Waals surface area contributed by atoms with Crippen molar-refractivity contribution in [2.75, 3.05) is 0 Å². The van der Waals surface area contributed by atoms with E-state index >= 15 is 0 Å². The molecule has 1 nitrogen and oxygen atoms in total. The van der Waals surface area contributed by atoms with Crippen LogP contribution in [0.2, 0.25) is 22.4 Å². The van der Waals surface area contributed by atoms with E-state index in [-0.39, 0.29) is 0 Å². The third-order valence-corrected chi connectivity index (χ3v) is 34.1. The topological polar surface area (TPSA) is 3.24 Å². The molecule has 0 unspecified atom stereocenters. The van der Waals surface area contributed by atoms with Crippen molar-refractivity contribution in [3.8, 4) is 0 Å². The Hall–Kier alpha value is 0.380. The Labute approximate surface area is 107 Å². The van der Waals surface area contributed by atoms with Crippen LogP contribution < -0.4 is 0 Å². The number of hydrogen-bond donors (Lipinski definition) is 0. The molecule has 0 spiro atoms. The number of allylic oxidation sites excluding steroid dienone is 3. The summed E-state index contributed by atoms with van der Waals surface area (Å²) in [5.41, 5.74) is 1.88. The van der Waals surface area contributed by atoms with Crippen molar-refractivity contribution in [1.29, 1.82) is 0 Å². The van der Waals surface area contributed by atoms with Crippen molar-refractivity contribution >= 4 is 5.92 Å². The van der Waals surface area contributed by atoms with Gasteiger partial charge in [0.25, 0.3) is 0 Å². The van der Waals surface area contributed by atoms with Crippen LogP contribution in [0.15, 0.2) is 23.9 Å². The van der Waals surface area contributed by atoms with Crippen molar-refractivity contribution in [3.63, 3.8) is 0 Å². The molecular formula is C13H27NSiZr. The van der Waals surface area contributed by atoms with Crippen molar-refractivity contribution in [1.82, 2.24) is 2.84 Å². The molecule has 1 rings (SSSR count). The Bertz CT molecular complexity index is 310. The molecule has 0 aromatic carbocycles. The fraction of sp³-hybridized carbons (Fsp3) is 0.692. The summed E-state index contributed by atoms with van der Waals surface area (Å²) in [5.74, 6) is -0.526. The fourth-order valence-electron chi connectivity index (χ4n) is 2.53. The molecule has 0 heterocycles. The first-order chi connectivity index (χ1) is 7.17. The molecule has 0 fully saturated rings. The van der Waals surface area contributed by atoms with Gasteiger partial charge in [0.15, 0.2) is 0 Å². The molecule has 0 amide bonds. The van der Waals surface area contributed by atoms with Gasteiger partial charge < -0.3 is 0 Å².